The monoisotopic (exact) mass is 384 g/mol. The Labute approximate surface area is 164 Å². The summed E-state index contributed by atoms with van der Waals surface area (Å²) in [7, 11) is 1.85. The van der Waals surface area contributed by atoms with Gasteiger partial charge in [0.2, 0.25) is 0 Å². The molecule has 0 bridgehead atoms. The minimum atomic E-state index is -0.463. The Morgan fingerprint density at radius 1 is 1.29 bits per heavy atom. The Morgan fingerprint density at radius 3 is 2.75 bits per heavy atom. The van der Waals surface area contributed by atoms with Crippen molar-refractivity contribution in [1.82, 2.24) is 29.5 Å². The fraction of sp³-hybridized carbons (Fsp3) is 0.600. The van der Waals surface area contributed by atoms with Gasteiger partial charge in [0.15, 0.2) is 11.3 Å². The second-order valence-electron chi connectivity index (χ2n) is 8.75. The van der Waals surface area contributed by atoms with E-state index in [1.807, 2.05) is 40.1 Å². The second-order valence-corrected chi connectivity index (χ2v) is 8.75. The topological polar surface area (TPSA) is 88.4 Å². The van der Waals surface area contributed by atoms with Crippen LogP contribution in [-0.2, 0) is 11.2 Å². The van der Waals surface area contributed by atoms with Gasteiger partial charge in [-0.3, -0.25) is 4.40 Å². The fourth-order valence-corrected chi connectivity index (χ4v) is 4.04. The average Bonchev–Trinajstić information content (AvgIpc) is 3.26. The molecule has 0 aliphatic heterocycles. The van der Waals surface area contributed by atoms with Gasteiger partial charge in [0.25, 0.3) is 0 Å². The molecule has 28 heavy (non-hydrogen) atoms. The first kappa shape index (κ1) is 18.7. The molecule has 4 rings (SSSR count). The number of hydrogen-bond acceptors (Lipinski definition) is 5. The van der Waals surface area contributed by atoms with Crippen LogP contribution in [0, 0.1) is 5.92 Å². The van der Waals surface area contributed by atoms with Crippen LogP contribution in [-0.4, -0.2) is 54.2 Å². The van der Waals surface area contributed by atoms with E-state index in [4.69, 9.17) is 4.74 Å². The van der Waals surface area contributed by atoms with E-state index in [9.17, 15) is 4.79 Å². The van der Waals surface area contributed by atoms with Gasteiger partial charge >= 0.3 is 6.09 Å². The van der Waals surface area contributed by atoms with Crippen molar-refractivity contribution in [2.24, 2.45) is 5.92 Å². The lowest BCUT2D eigenvalue weighted by atomic mass is 9.83. The van der Waals surface area contributed by atoms with E-state index in [-0.39, 0.29) is 12.1 Å². The Hall–Kier alpha value is -2.64. The summed E-state index contributed by atoms with van der Waals surface area (Å²) in [6.45, 7) is 5.69. The molecular weight excluding hydrogens is 356 g/mol. The number of amides is 1. The number of carbonyl (C=O) groups excluding carboxylic acids is 1. The molecule has 3 aromatic heterocycles. The molecule has 8 nitrogen and oxygen atoms in total. The molecule has 3 aromatic rings. The average molecular weight is 384 g/mol. The third-order valence-corrected chi connectivity index (χ3v) is 5.53. The van der Waals surface area contributed by atoms with Gasteiger partial charge < -0.3 is 14.6 Å². The normalized spacial score (nSPS) is 20.6. The van der Waals surface area contributed by atoms with Gasteiger partial charge in [0.05, 0.1) is 11.7 Å². The number of aromatic nitrogens is 5. The van der Waals surface area contributed by atoms with Gasteiger partial charge in [-0.25, -0.2) is 9.78 Å². The maximum absolute atomic E-state index is 12.3. The van der Waals surface area contributed by atoms with Crippen LogP contribution < -0.4 is 0 Å². The van der Waals surface area contributed by atoms with Crippen LogP contribution in [0.3, 0.4) is 0 Å². The Morgan fingerprint density at radius 2 is 2.04 bits per heavy atom. The van der Waals surface area contributed by atoms with Crippen molar-refractivity contribution in [3.63, 3.8) is 0 Å². The van der Waals surface area contributed by atoms with Crippen LogP contribution in [0.2, 0.25) is 0 Å². The standard InChI is InChI=1S/C20H28N6O2/c1-20(2,3)28-19(27)25(4)14-7-5-13(6-8-14)11-16-23-24-17-12-22-18-15(26(16)17)9-10-21-18/h9-10,12-14,21H,5-8,11H2,1-4H3. The third-order valence-electron chi connectivity index (χ3n) is 5.53. The van der Waals surface area contributed by atoms with Crippen LogP contribution in [0.4, 0.5) is 4.79 Å². The molecule has 0 aromatic carbocycles. The van der Waals surface area contributed by atoms with E-state index in [0.29, 0.717) is 5.92 Å². The molecule has 0 atom stereocenters. The van der Waals surface area contributed by atoms with Gasteiger partial charge in [-0.15, -0.1) is 10.2 Å². The van der Waals surface area contributed by atoms with Crippen molar-refractivity contribution in [3.05, 3.63) is 24.3 Å². The van der Waals surface area contributed by atoms with Crippen LogP contribution >= 0.6 is 0 Å². The summed E-state index contributed by atoms with van der Waals surface area (Å²) >= 11 is 0. The predicted octanol–water partition coefficient (Wildman–Crippen LogP) is 3.57. The smallest absolute Gasteiger partial charge is 0.410 e. The largest absolute Gasteiger partial charge is 0.444 e. The molecule has 3 heterocycles. The van der Waals surface area contributed by atoms with Crippen molar-refractivity contribution in [2.45, 2.75) is 64.5 Å². The SMILES string of the molecule is CN(C(=O)OC(C)(C)C)C1CCC(Cc2nnc3cnc4[nH]ccc4n23)CC1. The van der Waals surface area contributed by atoms with Gasteiger partial charge in [-0.1, -0.05) is 0 Å². The summed E-state index contributed by atoms with van der Waals surface area (Å²) in [6.07, 6.45) is 8.38. The molecule has 1 fully saturated rings. The van der Waals surface area contributed by atoms with E-state index in [1.165, 1.54) is 0 Å². The van der Waals surface area contributed by atoms with Crippen LogP contribution in [0.5, 0.6) is 0 Å². The van der Waals surface area contributed by atoms with Gasteiger partial charge in [0, 0.05) is 25.7 Å². The second kappa shape index (κ2) is 7.07. The number of rotatable bonds is 3. The molecular formula is C20H28N6O2. The minimum Gasteiger partial charge on any atom is -0.444 e. The summed E-state index contributed by atoms with van der Waals surface area (Å²) in [5.41, 5.74) is 2.17. The first-order chi connectivity index (χ1) is 13.3. The molecule has 1 aliphatic carbocycles. The fourth-order valence-electron chi connectivity index (χ4n) is 4.04. The highest BCUT2D eigenvalue weighted by molar-refractivity contribution is 5.74. The molecule has 1 amide bonds. The molecule has 0 spiro atoms. The highest BCUT2D eigenvalue weighted by Gasteiger charge is 2.30. The van der Waals surface area contributed by atoms with Crippen LogP contribution in [0.15, 0.2) is 18.5 Å². The molecule has 8 heteroatoms. The van der Waals surface area contributed by atoms with E-state index in [0.717, 1.165) is 54.7 Å². The van der Waals surface area contributed by atoms with E-state index in [2.05, 4.69) is 24.6 Å². The van der Waals surface area contributed by atoms with Crippen LogP contribution in [0.25, 0.3) is 16.8 Å². The van der Waals surface area contributed by atoms with Gasteiger partial charge in [0.1, 0.15) is 11.4 Å². The minimum absolute atomic E-state index is 0.234. The van der Waals surface area contributed by atoms with Crippen molar-refractivity contribution in [2.75, 3.05) is 7.05 Å². The Kier molecular flexibility index (Phi) is 4.72. The number of nitrogens with one attached hydrogen (secondary N) is 1. The van der Waals surface area contributed by atoms with E-state index >= 15 is 0 Å². The summed E-state index contributed by atoms with van der Waals surface area (Å²) in [4.78, 5) is 21.6. The van der Waals surface area contributed by atoms with Crippen molar-refractivity contribution < 1.29 is 9.53 Å². The zero-order valence-electron chi connectivity index (χ0n) is 17.0. The molecule has 0 saturated heterocycles. The van der Waals surface area contributed by atoms with Gasteiger partial charge in [-0.2, -0.15) is 0 Å². The predicted molar refractivity (Wildman–Crippen MR) is 106 cm³/mol. The molecule has 150 valence electrons. The summed E-state index contributed by atoms with van der Waals surface area (Å²) in [5, 5.41) is 8.70. The van der Waals surface area contributed by atoms with E-state index < -0.39 is 5.60 Å². The number of aromatic amines is 1. The number of fused-ring (bicyclic) bond motifs is 3. The lowest BCUT2D eigenvalue weighted by Crippen LogP contribution is -2.42. The number of carbonyl (C=O) groups is 1. The maximum atomic E-state index is 12.3. The maximum Gasteiger partial charge on any atom is 0.410 e. The number of H-pyrrole nitrogens is 1. The van der Waals surface area contributed by atoms with Gasteiger partial charge in [-0.05, 0) is 58.4 Å². The Bertz CT molecular complexity index is 978. The number of nitrogens with zero attached hydrogens (tertiary/aromatic N) is 5. The molecule has 1 saturated carbocycles. The van der Waals surface area contributed by atoms with Crippen molar-refractivity contribution >= 4 is 22.9 Å². The van der Waals surface area contributed by atoms with E-state index in [1.54, 1.807) is 11.1 Å². The quantitative estimate of drug-likeness (QED) is 0.746. The summed E-state index contributed by atoms with van der Waals surface area (Å²) < 4.78 is 7.60. The summed E-state index contributed by atoms with van der Waals surface area (Å²) in [5.74, 6) is 1.52. The molecule has 0 unspecified atom stereocenters. The zero-order chi connectivity index (χ0) is 19.9. The first-order valence-corrected chi connectivity index (χ1v) is 9.94. The number of hydrogen-bond donors (Lipinski definition) is 1. The van der Waals surface area contributed by atoms with Crippen molar-refractivity contribution in [1.29, 1.82) is 0 Å². The third kappa shape index (κ3) is 3.68. The first-order valence-electron chi connectivity index (χ1n) is 9.94. The lowest BCUT2D eigenvalue weighted by molar-refractivity contribution is 0.0172. The highest BCUT2D eigenvalue weighted by atomic mass is 16.6. The van der Waals surface area contributed by atoms with Crippen LogP contribution in [0.1, 0.15) is 52.3 Å². The highest BCUT2D eigenvalue weighted by Crippen LogP contribution is 2.30. The Balaban J connectivity index is 1.41. The lowest BCUT2D eigenvalue weighted by Gasteiger charge is -2.35. The van der Waals surface area contributed by atoms with Crippen molar-refractivity contribution in [3.8, 4) is 0 Å². The molecule has 1 N–H and O–H groups in total. The molecule has 0 radical (unpaired) electrons. The molecule has 1 aliphatic rings. The zero-order valence-corrected chi connectivity index (χ0v) is 17.0. The summed E-state index contributed by atoms with van der Waals surface area (Å²) in [6, 6.07) is 2.25. The number of ether oxygens (including phenoxy) is 1.